The second-order valence-electron chi connectivity index (χ2n) is 7.16. The lowest BCUT2D eigenvalue weighted by Crippen LogP contribution is -2.51. The maximum atomic E-state index is 11.3. The van der Waals surface area contributed by atoms with Gasteiger partial charge in [0.1, 0.15) is 0 Å². The van der Waals surface area contributed by atoms with Crippen LogP contribution in [0.4, 0.5) is 10.5 Å². The van der Waals surface area contributed by atoms with Gasteiger partial charge in [-0.3, -0.25) is 10.0 Å². The van der Waals surface area contributed by atoms with Crippen molar-refractivity contribution < 1.29 is 19.9 Å². The summed E-state index contributed by atoms with van der Waals surface area (Å²) in [7, 11) is 0. The average Bonchev–Trinajstić information content (AvgIpc) is 2.67. The van der Waals surface area contributed by atoms with Crippen molar-refractivity contribution in [3.63, 3.8) is 0 Å². The number of para-hydroxylation sites is 1. The van der Waals surface area contributed by atoms with Crippen molar-refractivity contribution in [2.75, 3.05) is 31.1 Å². The number of hydrogen-bond acceptors (Lipinski definition) is 4. The Morgan fingerprint density at radius 3 is 2.54 bits per heavy atom. The molecular formula is C19H25N3O4. The highest BCUT2D eigenvalue weighted by molar-refractivity contribution is 5.91. The van der Waals surface area contributed by atoms with Gasteiger partial charge in [-0.15, -0.1) is 0 Å². The predicted molar refractivity (Wildman–Crippen MR) is 98.1 cm³/mol. The smallest absolute Gasteiger partial charge is 0.407 e. The number of piperidine rings is 2. The first-order chi connectivity index (χ1) is 12.5. The van der Waals surface area contributed by atoms with Crippen LogP contribution in [0.15, 0.2) is 30.3 Å². The number of nitrogens with one attached hydrogen (secondary N) is 1. The Kier molecular flexibility index (Phi) is 5.46. The number of anilines is 1. The third-order valence-corrected chi connectivity index (χ3v) is 5.56. The second-order valence-corrected chi connectivity index (χ2v) is 7.16. The molecule has 0 unspecified atom stereocenters. The van der Waals surface area contributed by atoms with Crippen molar-refractivity contribution in [1.29, 1.82) is 0 Å². The zero-order valence-corrected chi connectivity index (χ0v) is 14.7. The molecule has 0 radical (unpaired) electrons. The van der Waals surface area contributed by atoms with Crippen LogP contribution in [-0.4, -0.2) is 53.4 Å². The zero-order chi connectivity index (χ0) is 18.6. The lowest BCUT2D eigenvalue weighted by Gasteiger charge is -2.47. The summed E-state index contributed by atoms with van der Waals surface area (Å²) >= 11 is 0. The third kappa shape index (κ3) is 3.99. The zero-order valence-electron chi connectivity index (χ0n) is 14.7. The van der Waals surface area contributed by atoms with Crippen LogP contribution in [-0.2, 0) is 4.79 Å². The maximum absolute atomic E-state index is 11.3. The van der Waals surface area contributed by atoms with Gasteiger partial charge < -0.3 is 14.9 Å². The Bertz CT molecular complexity index is 696. The van der Waals surface area contributed by atoms with Gasteiger partial charge in [0, 0.05) is 37.9 Å². The van der Waals surface area contributed by atoms with Crippen LogP contribution < -0.4 is 10.4 Å². The molecule has 140 valence electrons. The highest BCUT2D eigenvalue weighted by atomic mass is 16.5. The molecule has 0 bridgehead atoms. The van der Waals surface area contributed by atoms with Gasteiger partial charge in [-0.1, -0.05) is 18.2 Å². The van der Waals surface area contributed by atoms with Gasteiger partial charge in [0.25, 0.3) is 5.91 Å². The molecule has 3 rings (SSSR count). The number of hydrogen-bond donors (Lipinski definition) is 3. The van der Waals surface area contributed by atoms with E-state index in [0.717, 1.165) is 50.0 Å². The van der Waals surface area contributed by atoms with Crippen molar-refractivity contribution >= 4 is 23.8 Å². The summed E-state index contributed by atoms with van der Waals surface area (Å²) in [6.45, 7) is 3.00. The van der Waals surface area contributed by atoms with Gasteiger partial charge >= 0.3 is 6.09 Å². The molecule has 1 aromatic rings. The van der Waals surface area contributed by atoms with Gasteiger partial charge in [-0.05, 0) is 48.8 Å². The Morgan fingerprint density at radius 1 is 1.12 bits per heavy atom. The van der Waals surface area contributed by atoms with Crippen LogP contribution >= 0.6 is 0 Å². The summed E-state index contributed by atoms with van der Waals surface area (Å²) in [4.78, 5) is 26.4. The van der Waals surface area contributed by atoms with E-state index < -0.39 is 12.0 Å². The number of carboxylic acid groups (broad SMARTS) is 1. The topological polar surface area (TPSA) is 93.1 Å². The normalized spacial score (nSPS) is 19.7. The Morgan fingerprint density at radius 2 is 1.85 bits per heavy atom. The minimum Gasteiger partial charge on any atom is -0.465 e. The molecular weight excluding hydrogens is 334 g/mol. The van der Waals surface area contributed by atoms with Crippen LogP contribution in [0, 0.1) is 5.41 Å². The van der Waals surface area contributed by atoms with Crippen LogP contribution in [0.3, 0.4) is 0 Å². The fourth-order valence-corrected chi connectivity index (χ4v) is 4.12. The Hall–Kier alpha value is -2.54. The number of rotatable bonds is 3. The van der Waals surface area contributed by atoms with Gasteiger partial charge in [-0.2, -0.15) is 0 Å². The molecule has 0 saturated carbocycles. The standard InChI is InChI=1S/C19H25N3O4/c23-17(20-26)7-6-15-4-1-2-5-16(15)21-12-9-19(10-13-21)8-3-11-22(14-19)18(24)25/h1-2,4-7,26H,3,8-14H2,(H,20,23)(H,24,25)/b7-6+. The number of benzene rings is 1. The molecule has 2 fully saturated rings. The second kappa shape index (κ2) is 7.78. The van der Waals surface area contributed by atoms with E-state index in [1.807, 2.05) is 24.3 Å². The molecule has 0 aromatic heterocycles. The average molecular weight is 359 g/mol. The van der Waals surface area contributed by atoms with Gasteiger partial charge in [-0.25, -0.2) is 10.3 Å². The molecule has 3 N–H and O–H groups in total. The summed E-state index contributed by atoms with van der Waals surface area (Å²) < 4.78 is 0. The summed E-state index contributed by atoms with van der Waals surface area (Å²) in [5, 5.41) is 17.9. The fourth-order valence-electron chi connectivity index (χ4n) is 4.12. The minimum atomic E-state index is -0.816. The Labute approximate surface area is 152 Å². The molecule has 2 amide bonds. The monoisotopic (exact) mass is 359 g/mol. The molecule has 26 heavy (non-hydrogen) atoms. The first-order valence-corrected chi connectivity index (χ1v) is 8.97. The fraction of sp³-hybridized carbons (Fsp3) is 0.474. The van der Waals surface area contributed by atoms with Crippen molar-refractivity contribution in [3.8, 4) is 0 Å². The number of hydroxylamine groups is 1. The number of carbonyl (C=O) groups excluding carboxylic acids is 1. The van der Waals surface area contributed by atoms with Crippen molar-refractivity contribution in [3.05, 3.63) is 35.9 Å². The summed E-state index contributed by atoms with van der Waals surface area (Å²) in [6.07, 6.45) is 6.13. The Balaban J connectivity index is 1.70. The molecule has 2 aliphatic rings. The molecule has 2 aliphatic heterocycles. The SMILES string of the molecule is O=C(/C=C/c1ccccc1N1CCC2(CCCN(C(=O)O)C2)CC1)NO. The van der Waals surface area contributed by atoms with E-state index in [4.69, 9.17) is 5.21 Å². The van der Waals surface area contributed by atoms with Crippen molar-refractivity contribution in [2.24, 2.45) is 5.41 Å². The van der Waals surface area contributed by atoms with Crippen LogP contribution in [0.1, 0.15) is 31.2 Å². The van der Waals surface area contributed by atoms with Crippen molar-refractivity contribution in [1.82, 2.24) is 10.4 Å². The van der Waals surface area contributed by atoms with Crippen LogP contribution in [0.2, 0.25) is 0 Å². The van der Waals surface area contributed by atoms with E-state index in [2.05, 4.69) is 4.90 Å². The van der Waals surface area contributed by atoms with E-state index in [9.17, 15) is 14.7 Å². The number of carbonyl (C=O) groups is 2. The van der Waals surface area contributed by atoms with E-state index in [1.165, 1.54) is 6.08 Å². The molecule has 0 atom stereocenters. The lowest BCUT2D eigenvalue weighted by molar-refractivity contribution is -0.124. The summed E-state index contributed by atoms with van der Waals surface area (Å²) in [6, 6.07) is 7.85. The lowest BCUT2D eigenvalue weighted by atomic mass is 9.72. The number of nitrogens with zero attached hydrogens (tertiary/aromatic N) is 2. The van der Waals surface area contributed by atoms with Crippen LogP contribution in [0.25, 0.3) is 6.08 Å². The van der Waals surface area contributed by atoms with Gasteiger partial charge in [0.2, 0.25) is 0 Å². The maximum Gasteiger partial charge on any atom is 0.407 e. The van der Waals surface area contributed by atoms with E-state index in [1.54, 1.807) is 16.5 Å². The largest absolute Gasteiger partial charge is 0.465 e. The molecule has 2 heterocycles. The molecule has 0 aliphatic carbocycles. The first-order valence-electron chi connectivity index (χ1n) is 8.97. The van der Waals surface area contributed by atoms with E-state index in [0.29, 0.717) is 13.1 Å². The van der Waals surface area contributed by atoms with Crippen molar-refractivity contribution in [2.45, 2.75) is 25.7 Å². The molecule has 2 saturated heterocycles. The minimum absolute atomic E-state index is 0.0920. The van der Waals surface area contributed by atoms with Crippen LogP contribution in [0.5, 0.6) is 0 Å². The number of likely N-dealkylation sites (tertiary alicyclic amines) is 1. The molecule has 1 spiro atoms. The number of amides is 2. The van der Waals surface area contributed by atoms with Gasteiger partial charge in [0.15, 0.2) is 0 Å². The highest BCUT2D eigenvalue weighted by Crippen LogP contribution is 2.41. The third-order valence-electron chi connectivity index (χ3n) is 5.56. The predicted octanol–water partition coefficient (Wildman–Crippen LogP) is 2.57. The summed E-state index contributed by atoms with van der Waals surface area (Å²) in [5.74, 6) is -0.562. The highest BCUT2D eigenvalue weighted by Gasteiger charge is 2.39. The quantitative estimate of drug-likeness (QED) is 0.438. The molecule has 1 aromatic carbocycles. The van der Waals surface area contributed by atoms with Gasteiger partial charge in [0.05, 0.1) is 0 Å². The van der Waals surface area contributed by atoms with E-state index in [-0.39, 0.29) is 5.41 Å². The molecule has 7 nitrogen and oxygen atoms in total. The van der Waals surface area contributed by atoms with E-state index >= 15 is 0 Å². The summed E-state index contributed by atoms with van der Waals surface area (Å²) in [5.41, 5.74) is 3.66. The first kappa shape index (κ1) is 18.3. The molecule has 7 heteroatoms.